The quantitative estimate of drug-likeness (QED) is 0.749. The summed E-state index contributed by atoms with van der Waals surface area (Å²) in [6.07, 6.45) is -1.85. The van der Waals surface area contributed by atoms with Gasteiger partial charge in [-0.2, -0.15) is 13.2 Å². The summed E-state index contributed by atoms with van der Waals surface area (Å²) >= 11 is 0. The zero-order valence-electron chi connectivity index (χ0n) is 8.20. The first-order valence-electron chi connectivity index (χ1n) is 4.73. The van der Waals surface area contributed by atoms with Crippen molar-refractivity contribution < 1.29 is 22.7 Å². The van der Waals surface area contributed by atoms with Crippen LogP contribution in [0.15, 0.2) is 18.7 Å². The van der Waals surface area contributed by atoms with Crippen molar-refractivity contribution in [2.75, 3.05) is 0 Å². The van der Waals surface area contributed by atoms with Crippen LogP contribution < -0.4 is 0 Å². The predicted molar refractivity (Wildman–Crippen MR) is 46.7 cm³/mol. The number of rotatable bonds is 1. The van der Waals surface area contributed by atoms with E-state index in [4.69, 9.17) is 0 Å². The summed E-state index contributed by atoms with van der Waals surface area (Å²) in [4.78, 5) is 14.9. The third-order valence-corrected chi connectivity index (χ3v) is 2.68. The number of nitrogens with zero attached hydrogens (tertiary/aromatic N) is 2. The molecule has 1 aromatic rings. The van der Waals surface area contributed by atoms with Gasteiger partial charge in [0.25, 0.3) is 0 Å². The lowest BCUT2D eigenvalue weighted by molar-refractivity contribution is -0.283. The summed E-state index contributed by atoms with van der Waals surface area (Å²) in [7, 11) is 0. The van der Waals surface area contributed by atoms with Crippen LogP contribution in [0.1, 0.15) is 19.3 Å². The van der Waals surface area contributed by atoms with Crippen LogP contribution in [0.25, 0.3) is 0 Å². The number of hydrogen-bond acceptors (Lipinski definition) is 3. The van der Waals surface area contributed by atoms with Gasteiger partial charge >= 0.3 is 12.3 Å². The topological polar surface area (TPSA) is 44.1 Å². The molecule has 1 saturated carbocycles. The Kier molecular flexibility index (Phi) is 2.40. The van der Waals surface area contributed by atoms with Gasteiger partial charge < -0.3 is 4.74 Å². The SMILES string of the molecule is O=C(OC1(C(F)(F)F)CCC1)n1ccnc1. The Morgan fingerprint density at radius 2 is 2.12 bits per heavy atom. The second kappa shape index (κ2) is 3.50. The molecular formula is C9H9F3N2O2. The first-order chi connectivity index (χ1) is 7.45. The van der Waals surface area contributed by atoms with Gasteiger partial charge in [0.2, 0.25) is 5.60 Å². The number of hydrogen-bond donors (Lipinski definition) is 0. The van der Waals surface area contributed by atoms with Gasteiger partial charge in [-0.15, -0.1) is 0 Å². The molecular weight excluding hydrogens is 225 g/mol. The molecule has 1 aliphatic carbocycles. The van der Waals surface area contributed by atoms with Crippen LogP contribution in [-0.2, 0) is 4.74 Å². The van der Waals surface area contributed by atoms with Gasteiger partial charge in [-0.05, 0) is 19.3 Å². The van der Waals surface area contributed by atoms with Crippen molar-refractivity contribution in [1.82, 2.24) is 9.55 Å². The standard InChI is InChI=1S/C9H9F3N2O2/c10-9(11,12)8(2-1-3-8)16-7(15)14-5-4-13-6-14/h4-6H,1-3H2. The molecule has 0 bridgehead atoms. The predicted octanol–water partition coefficient (Wildman–Crippen LogP) is 2.35. The molecule has 0 N–H and O–H groups in total. The van der Waals surface area contributed by atoms with Gasteiger partial charge in [0, 0.05) is 12.4 Å². The van der Waals surface area contributed by atoms with E-state index < -0.39 is 17.9 Å². The third kappa shape index (κ3) is 1.66. The van der Waals surface area contributed by atoms with Crippen LogP contribution in [-0.4, -0.2) is 27.4 Å². The molecule has 1 aliphatic rings. The highest BCUT2D eigenvalue weighted by Gasteiger charge is 2.61. The molecule has 1 aromatic heterocycles. The minimum Gasteiger partial charge on any atom is -0.433 e. The van der Waals surface area contributed by atoms with Crippen LogP contribution in [0.2, 0.25) is 0 Å². The zero-order valence-corrected chi connectivity index (χ0v) is 8.20. The summed E-state index contributed by atoms with van der Waals surface area (Å²) in [6, 6.07) is 0. The van der Waals surface area contributed by atoms with Crippen molar-refractivity contribution in [3.8, 4) is 0 Å². The molecule has 88 valence electrons. The molecule has 1 heterocycles. The van der Waals surface area contributed by atoms with E-state index in [-0.39, 0.29) is 12.8 Å². The smallest absolute Gasteiger partial charge is 0.428 e. The van der Waals surface area contributed by atoms with Gasteiger partial charge in [-0.1, -0.05) is 0 Å². The number of aromatic nitrogens is 2. The average Bonchev–Trinajstić information content (AvgIpc) is 2.60. The fourth-order valence-corrected chi connectivity index (χ4v) is 1.53. The van der Waals surface area contributed by atoms with E-state index in [0.29, 0.717) is 6.42 Å². The molecule has 16 heavy (non-hydrogen) atoms. The first-order valence-corrected chi connectivity index (χ1v) is 4.73. The maximum atomic E-state index is 12.7. The van der Waals surface area contributed by atoms with Crippen molar-refractivity contribution in [2.45, 2.75) is 31.0 Å². The Balaban J connectivity index is 2.11. The van der Waals surface area contributed by atoms with Gasteiger partial charge in [-0.25, -0.2) is 14.3 Å². The summed E-state index contributed by atoms with van der Waals surface area (Å²) in [5, 5.41) is 0. The zero-order chi connectivity index (χ0) is 11.8. The molecule has 0 spiro atoms. The molecule has 7 heteroatoms. The van der Waals surface area contributed by atoms with Gasteiger partial charge in [-0.3, -0.25) is 0 Å². The van der Waals surface area contributed by atoms with Crippen LogP contribution in [0.5, 0.6) is 0 Å². The normalized spacial score (nSPS) is 18.9. The average molecular weight is 234 g/mol. The van der Waals surface area contributed by atoms with Gasteiger partial charge in [0.15, 0.2) is 0 Å². The lowest BCUT2D eigenvalue weighted by atomic mass is 9.79. The second-order valence-electron chi connectivity index (χ2n) is 3.68. The van der Waals surface area contributed by atoms with Crippen molar-refractivity contribution in [3.05, 3.63) is 18.7 Å². The highest BCUT2D eigenvalue weighted by Crippen LogP contribution is 2.48. The number of ether oxygens (including phenoxy) is 1. The van der Waals surface area contributed by atoms with E-state index in [1.807, 2.05) is 0 Å². The second-order valence-corrected chi connectivity index (χ2v) is 3.68. The molecule has 0 amide bonds. The maximum absolute atomic E-state index is 12.7. The Bertz CT molecular complexity index is 382. The molecule has 0 aliphatic heterocycles. The van der Waals surface area contributed by atoms with Crippen LogP contribution >= 0.6 is 0 Å². The Labute approximate surface area is 89.0 Å². The minimum absolute atomic E-state index is 0.170. The molecule has 2 rings (SSSR count). The maximum Gasteiger partial charge on any atom is 0.428 e. The molecule has 1 fully saturated rings. The van der Waals surface area contributed by atoms with E-state index in [1.54, 1.807) is 0 Å². The van der Waals surface area contributed by atoms with Crippen molar-refractivity contribution >= 4 is 6.09 Å². The number of carbonyl (C=O) groups excluding carboxylic acids is 1. The summed E-state index contributed by atoms with van der Waals surface area (Å²) in [6.45, 7) is 0. The van der Waals surface area contributed by atoms with E-state index >= 15 is 0 Å². The van der Waals surface area contributed by atoms with Gasteiger partial charge in [0.1, 0.15) is 6.33 Å². The number of carbonyl (C=O) groups is 1. The third-order valence-electron chi connectivity index (χ3n) is 2.68. The molecule has 0 radical (unpaired) electrons. The summed E-state index contributed by atoms with van der Waals surface area (Å²) < 4.78 is 43.4. The van der Waals surface area contributed by atoms with E-state index in [1.165, 1.54) is 12.4 Å². The minimum atomic E-state index is -4.51. The van der Waals surface area contributed by atoms with Crippen molar-refractivity contribution in [3.63, 3.8) is 0 Å². The van der Waals surface area contributed by atoms with E-state index in [0.717, 1.165) is 10.9 Å². The fraction of sp³-hybridized carbons (Fsp3) is 0.556. The van der Waals surface area contributed by atoms with Crippen LogP contribution in [0, 0.1) is 0 Å². The number of alkyl halides is 3. The highest BCUT2D eigenvalue weighted by atomic mass is 19.4. The highest BCUT2D eigenvalue weighted by molar-refractivity contribution is 5.70. The molecule has 4 nitrogen and oxygen atoms in total. The molecule has 0 aromatic carbocycles. The first kappa shape index (κ1) is 11.0. The molecule has 0 unspecified atom stereocenters. The van der Waals surface area contributed by atoms with E-state index in [9.17, 15) is 18.0 Å². The number of imidazole rings is 1. The van der Waals surface area contributed by atoms with Crippen LogP contribution in [0.4, 0.5) is 18.0 Å². The molecule has 0 atom stereocenters. The fourth-order valence-electron chi connectivity index (χ4n) is 1.53. The Hall–Kier alpha value is -1.53. The van der Waals surface area contributed by atoms with Crippen molar-refractivity contribution in [1.29, 1.82) is 0 Å². The lowest BCUT2D eigenvalue weighted by Crippen LogP contribution is -2.54. The number of halogens is 3. The largest absolute Gasteiger partial charge is 0.433 e. The van der Waals surface area contributed by atoms with Crippen LogP contribution in [0.3, 0.4) is 0 Å². The Morgan fingerprint density at radius 3 is 2.50 bits per heavy atom. The monoisotopic (exact) mass is 234 g/mol. The van der Waals surface area contributed by atoms with E-state index in [2.05, 4.69) is 9.72 Å². The molecule has 0 saturated heterocycles. The lowest BCUT2D eigenvalue weighted by Gasteiger charge is -2.41. The summed E-state index contributed by atoms with van der Waals surface area (Å²) in [5.41, 5.74) is -2.30. The van der Waals surface area contributed by atoms with Gasteiger partial charge in [0.05, 0.1) is 0 Å². The van der Waals surface area contributed by atoms with Crippen molar-refractivity contribution in [2.24, 2.45) is 0 Å². The Morgan fingerprint density at radius 1 is 1.44 bits per heavy atom. The summed E-state index contributed by atoms with van der Waals surface area (Å²) in [5.74, 6) is 0.